The minimum Gasteiger partial charge on any atom is -0.382 e. The molecular weight excluding hydrogens is 288 g/mol. The summed E-state index contributed by atoms with van der Waals surface area (Å²) in [5.41, 5.74) is 5.97. The molecule has 0 saturated carbocycles. The smallest absolute Gasteiger partial charge is 0.267 e. The molecule has 0 spiro atoms. The Bertz CT molecular complexity index is 466. The Balaban J connectivity index is 2.14. The molecule has 0 radical (unpaired) electrons. The van der Waals surface area contributed by atoms with Crippen LogP contribution in [0.2, 0.25) is 0 Å². The number of carbonyl (C=O) groups is 1. The molecule has 0 unspecified atom stereocenters. The molecule has 2 N–H and O–H groups in total. The van der Waals surface area contributed by atoms with Crippen molar-refractivity contribution in [3.05, 3.63) is 4.88 Å². The van der Waals surface area contributed by atoms with Crippen molar-refractivity contribution in [3.8, 4) is 0 Å². The lowest BCUT2D eigenvalue weighted by atomic mass is 10.3. The number of thiazole rings is 1. The maximum atomic E-state index is 12.6. The zero-order valence-electron chi connectivity index (χ0n) is 12.8. The minimum absolute atomic E-state index is 0.00760. The van der Waals surface area contributed by atoms with Gasteiger partial charge in [-0.25, -0.2) is 4.98 Å². The van der Waals surface area contributed by atoms with Gasteiger partial charge < -0.3 is 20.3 Å². The number of rotatable bonds is 6. The van der Waals surface area contributed by atoms with Crippen molar-refractivity contribution in [1.82, 2.24) is 9.88 Å². The van der Waals surface area contributed by atoms with Crippen molar-refractivity contribution in [1.29, 1.82) is 0 Å². The number of nitrogens with zero attached hydrogens (tertiary/aromatic N) is 3. The number of hydrogen-bond acceptors (Lipinski definition) is 6. The van der Waals surface area contributed by atoms with Crippen LogP contribution in [0, 0.1) is 0 Å². The van der Waals surface area contributed by atoms with Crippen LogP contribution in [0.5, 0.6) is 0 Å². The Labute approximate surface area is 129 Å². The normalized spacial score (nSPS) is 15.2. The van der Waals surface area contributed by atoms with Crippen molar-refractivity contribution in [3.63, 3.8) is 0 Å². The number of amides is 1. The summed E-state index contributed by atoms with van der Waals surface area (Å²) in [6, 6.07) is 0. The second-order valence-corrected chi connectivity index (χ2v) is 6.08. The highest BCUT2D eigenvalue weighted by Crippen LogP contribution is 2.29. The van der Waals surface area contributed by atoms with Crippen molar-refractivity contribution in [2.75, 3.05) is 50.0 Å². The first-order valence-electron chi connectivity index (χ1n) is 7.55. The van der Waals surface area contributed by atoms with Crippen molar-refractivity contribution < 1.29 is 9.53 Å². The highest BCUT2D eigenvalue weighted by molar-refractivity contribution is 7.18. The van der Waals surface area contributed by atoms with Gasteiger partial charge in [-0.15, -0.1) is 0 Å². The molecule has 0 atom stereocenters. The molecule has 1 aliphatic heterocycles. The van der Waals surface area contributed by atoms with Gasteiger partial charge in [0.15, 0.2) is 5.13 Å². The van der Waals surface area contributed by atoms with Gasteiger partial charge in [-0.2, -0.15) is 0 Å². The second kappa shape index (κ2) is 7.61. The highest BCUT2D eigenvalue weighted by atomic mass is 32.1. The number of hydrogen-bond donors (Lipinski definition) is 1. The van der Waals surface area contributed by atoms with Gasteiger partial charge in [0.2, 0.25) is 0 Å². The van der Waals surface area contributed by atoms with E-state index in [1.54, 1.807) is 0 Å². The van der Waals surface area contributed by atoms with E-state index in [2.05, 4.69) is 23.7 Å². The van der Waals surface area contributed by atoms with Crippen LogP contribution < -0.4 is 10.6 Å². The van der Waals surface area contributed by atoms with E-state index in [-0.39, 0.29) is 5.91 Å². The van der Waals surface area contributed by atoms with E-state index >= 15 is 0 Å². The maximum absolute atomic E-state index is 12.6. The lowest BCUT2D eigenvalue weighted by Crippen LogP contribution is -2.36. The van der Waals surface area contributed by atoms with Crippen LogP contribution in [0.15, 0.2) is 0 Å². The van der Waals surface area contributed by atoms with Crippen molar-refractivity contribution in [2.45, 2.75) is 26.7 Å². The number of nitrogens with two attached hydrogens (primary N) is 1. The molecule has 1 aliphatic rings. The van der Waals surface area contributed by atoms with Gasteiger partial charge >= 0.3 is 0 Å². The third-order valence-corrected chi connectivity index (χ3v) is 4.51. The van der Waals surface area contributed by atoms with E-state index in [4.69, 9.17) is 10.5 Å². The molecule has 1 aromatic rings. The van der Waals surface area contributed by atoms with Gasteiger partial charge in [0.1, 0.15) is 10.7 Å². The van der Waals surface area contributed by atoms with Gasteiger partial charge in [-0.05, 0) is 12.8 Å². The number of aromatic nitrogens is 1. The van der Waals surface area contributed by atoms with Crippen LogP contribution in [-0.2, 0) is 4.74 Å². The summed E-state index contributed by atoms with van der Waals surface area (Å²) in [5.74, 6) is 0.358. The van der Waals surface area contributed by atoms with Gasteiger partial charge in [0.25, 0.3) is 5.91 Å². The molecule has 1 fully saturated rings. The molecule has 1 aromatic heterocycles. The predicted molar refractivity (Wildman–Crippen MR) is 86.0 cm³/mol. The van der Waals surface area contributed by atoms with Crippen molar-refractivity contribution in [2.24, 2.45) is 0 Å². The molecule has 7 heteroatoms. The van der Waals surface area contributed by atoms with E-state index in [1.807, 2.05) is 4.90 Å². The van der Waals surface area contributed by atoms with E-state index in [0.29, 0.717) is 23.9 Å². The molecule has 0 aromatic carbocycles. The van der Waals surface area contributed by atoms with Gasteiger partial charge in [0, 0.05) is 26.2 Å². The Morgan fingerprint density at radius 2 is 1.95 bits per heavy atom. The van der Waals surface area contributed by atoms with E-state index in [0.717, 1.165) is 44.2 Å². The fraction of sp³-hybridized carbons (Fsp3) is 0.714. The Morgan fingerprint density at radius 1 is 1.33 bits per heavy atom. The average molecular weight is 312 g/mol. The fourth-order valence-corrected chi connectivity index (χ4v) is 3.37. The summed E-state index contributed by atoms with van der Waals surface area (Å²) in [7, 11) is 0. The summed E-state index contributed by atoms with van der Waals surface area (Å²) in [6.45, 7) is 8.66. The number of nitrogen functional groups attached to an aromatic ring is 1. The standard InChI is InChI=1S/C14H24N4O2S/c1-3-5-17(6-4-2)13(19)11-12(15)16-14(21-11)18-7-9-20-10-8-18/h3-10,15H2,1-2H3. The summed E-state index contributed by atoms with van der Waals surface area (Å²) in [6.07, 6.45) is 1.89. The highest BCUT2D eigenvalue weighted by Gasteiger charge is 2.24. The quantitative estimate of drug-likeness (QED) is 0.867. The summed E-state index contributed by atoms with van der Waals surface area (Å²) < 4.78 is 5.34. The molecule has 118 valence electrons. The first-order valence-corrected chi connectivity index (χ1v) is 8.37. The number of morpholine rings is 1. The van der Waals surface area contributed by atoms with Crippen LogP contribution >= 0.6 is 11.3 Å². The number of carbonyl (C=O) groups excluding carboxylic acids is 1. The van der Waals surface area contributed by atoms with Crippen molar-refractivity contribution >= 4 is 28.2 Å². The van der Waals surface area contributed by atoms with E-state index < -0.39 is 0 Å². The lowest BCUT2D eigenvalue weighted by Gasteiger charge is -2.26. The number of anilines is 2. The predicted octanol–water partition coefficient (Wildman–Crippen LogP) is 1.82. The lowest BCUT2D eigenvalue weighted by molar-refractivity contribution is 0.0761. The molecule has 0 bridgehead atoms. The van der Waals surface area contributed by atoms with E-state index in [1.165, 1.54) is 11.3 Å². The van der Waals surface area contributed by atoms with Crippen LogP contribution in [0.1, 0.15) is 36.4 Å². The first-order chi connectivity index (χ1) is 10.2. The van der Waals surface area contributed by atoms with Gasteiger partial charge in [-0.3, -0.25) is 4.79 Å². The largest absolute Gasteiger partial charge is 0.382 e. The van der Waals surface area contributed by atoms with Gasteiger partial charge in [0.05, 0.1) is 13.2 Å². The second-order valence-electron chi connectivity index (χ2n) is 5.10. The van der Waals surface area contributed by atoms with Crippen LogP contribution in [-0.4, -0.2) is 55.2 Å². The summed E-state index contributed by atoms with van der Waals surface area (Å²) in [5, 5.41) is 0.826. The third kappa shape index (κ3) is 3.85. The first kappa shape index (κ1) is 16.0. The molecule has 21 heavy (non-hydrogen) atoms. The molecule has 1 saturated heterocycles. The topological polar surface area (TPSA) is 71.7 Å². The monoisotopic (exact) mass is 312 g/mol. The van der Waals surface area contributed by atoms with Crippen LogP contribution in [0.3, 0.4) is 0 Å². The van der Waals surface area contributed by atoms with E-state index in [9.17, 15) is 4.79 Å². The van der Waals surface area contributed by atoms with Crippen LogP contribution in [0.25, 0.3) is 0 Å². The molecular formula is C14H24N4O2S. The maximum Gasteiger partial charge on any atom is 0.267 e. The molecule has 2 rings (SSSR count). The Kier molecular flexibility index (Phi) is 5.81. The zero-order chi connectivity index (χ0) is 15.2. The molecule has 1 amide bonds. The molecule has 2 heterocycles. The summed E-state index contributed by atoms with van der Waals surface area (Å²) >= 11 is 1.40. The fourth-order valence-electron chi connectivity index (χ4n) is 2.36. The Morgan fingerprint density at radius 3 is 2.52 bits per heavy atom. The van der Waals surface area contributed by atoms with Gasteiger partial charge in [-0.1, -0.05) is 25.2 Å². The minimum atomic E-state index is 0.00760. The van der Waals surface area contributed by atoms with Crippen LogP contribution in [0.4, 0.5) is 10.9 Å². The Hall–Kier alpha value is -1.34. The summed E-state index contributed by atoms with van der Waals surface area (Å²) in [4.78, 5) is 21.6. The number of ether oxygens (including phenoxy) is 1. The third-order valence-electron chi connectivity index (χ3n) is 3.39. The zero-order valence-corrected chi connectivity index (χ0v) is 13.6. The average Bonchev–Trinajstić information content (AvgIpc) is 2.89. The molecule has 0 aliphatic carbocycles. The molecule has 6 nitrogen and oxygen atoms in total. The SMILES string of the molecule is CCCN(CCC)C(=O)c1sc(N2CCOCC2)nc1N.